The first-order valence-corrected chi connectivity index (χ1v) is 5.05. The zero-order valence-corrected chi connectivity index (χ0v) is 8.28. The highest BCUT2D eigenvalue weighted by atomic mass is 32.2. The van der Waals surface area contributed by atoms with Crippen LogP contribution in [0.5, 0.6) is 0 Å². The first-order valence-electron chi connectivity index (χ1n) is 4.24. The van der Waals surface area contributed by atoms with Crippen molar-refractivity contribution in [2.45, 2.75) is 10.8 Å². The van der Waals surface area contributed by atoms with Crippen molar-refractivity contribution in [1.82, 2.24) is 11.1 Å². The van der Waals surface area contributed by atoms with Crippen LogP contribution in [0.1, 0.15) is 0 Å². The third kappa shape index (κ3) is 1.38. The average molecular weight is 232 g/mol. The van der Waals surface area contributed by atoms with Crippen molar-refractivity contribution >= 4 is 12.0 Å². The van der Waals surface area contributed by atoms with Crippen LogP contribution in [-0.2, 0) is 23.7 Å². The molecule has 3 aliphatic heterocycles. The lowest BCUT2D eigenvalue weighted by atomic mass is 9.94. The van der Waals surface area contributed by atoms with Gasteiger partial charge in [-0.1, -0.05) is 0 Å². The van der Waals surface area contributed by atoms with Crippen LogP contribution < -0.4 is 11.1 Å². The van der Waals surface area contributed by atoms with Crippen molar-refractivity contribution in [3.63, 3.8) is 0 Å². The van der Waals surface area contributed by atoms with Gasteiger partial charge in [0.1, 0.15) is 6.61 Å². The van der Waals surface area contributed by atoms with E-state index in [9.17, 15) is 0 Å². The van der Waals surface area contributed by atoms with Crippen LogP contribution in [0.15, 0.2) is 24.4 Å². The van der Waals surface area contributed by atoms with Crippen LogP contribution in [-0.4, -0.2) is 17.4 Å². The second kappa shape index (κ2) is 3.58. The fourth-order valence-electron chi connectivity index (χ4n) is 1.50. The van der Waals surface area contributed by atoms with Gasteiger partial charge >= 0.3 is 0 Å². The average Bonchev–Trinajstić information content (AvgIpc) is 3.02. The molecule has 0 aromatic heterocycles. The van der Waals surface area contributed by atoms with Gasteiger partial charge in [0.05, 0.1) is 23.6 Å². The molecule has 1 saturated heterocycles. The summed E-state index contributed by atoms with van der Waals surface area (Å²) in [6.07, 6.45) is 4.96. The third-order valence-electron chi connectivity index (χ3n) is 2.33. The van der Waals surface area contributed by atoms with Gasteiger partial charge in [-0.15, -0.1) is 4.99 Å². The number of hydrogen-bond acceptors (Lipinski definition) is 8. The highest BCUT2D eigenvalue weighted by Gasteiger charge is 2.52. The summed E-state index contributed by atoms with van der Waals surface area (Å²) in [4.78, 5) is 19.5. The molecule has 0 aromatic rings. The molecule has 15 heavy (non-hydrogen) atoms. The van der Waals surface area contributed by atoms with Crippen LogP contribution in [0.4, 0.5) is 0 Å². The first kappa shape index (κ1) is 9.31. The molecule has 0 aromatic carbocycles. The molecule has 8 heteroatoms. The van der Waals surface area contributed by atoms with Crippen molar-refractivity contribution in [3.05, 3.63) is 24.4 Å². The molecule has 0 amide bonds. The molecule has 0 saturated carbocycles. The Labute approximate surface area is 89.3 Å². The van der Waals surface area contributed by atoms with E-state index in [1.165, 1.54) is 18.3 Å². The topological polar surface area (TPSA) is 70.2 Å². The zero-order chi connectivity index (χ0) is 10.1. The Morgan fingerprint density at radius 3 is 3.13 bits per heavy atom. The van der Waals surface area contributed by atoms with Gasteiger partial charge in [-0.05, 0) is 6.08 Å². The maximum absolute atomic E-state index is 5.12. The molecule has 82 valence electrons. The molecule has 0 radical (unpaired) electrons. The van der Waals surface area contributed by atoms with Crippen molar-refractivity contribution in [1.29, 1.82) is 0 Å². The fourth-order valence-corrected chi connectivity index (χ4v) is 2.27. The smallest absolute Gasteiger partial charge is 0.191 e. The Morgan fingerprint density at radius 1 is 1.53 bits per heavy atom. The molecule has 0 bridgehead atoms. The van der Waals surface area contributed by atoms with E-state index in [1.54, 1.807) is 6.26 Å². The number of rotatable bonds is 2. The molecule has 2 unspecified atom stereocenters. The van der Waals surface area contributed by atoms with Gasteiger partial charge in [0.2, 0.25) is 0 Å². The quantitative estimate of drug-likeness (QED) is 0.511. The molecule has 3 heterocycles. The molecule has 3 aliphatic rings. The largest absolute Gasteiger partial charge is 0.433 e. The summed E-state index contributed by atoms with van der Waals surface area (Å²) in [6, 6.07) is 0. The van der Waals surface area contributed by atoms with Crippen molar-refractivity contribution in [2.24, 2.45) is 0 Å². The van der Waals surface area contributed by atoms with E-state index in [1.807, 2.05) is 6.08 Å². The molecule has 2 atom stereocenters. The minimum absolute atomic E-state index is 0.0188. The number of hydrogen-bond donors (Lipinski definition) is 2. The Hall–Kier alpha value is -0.930. The van der Waals surface area contributed by atoms with Crippen LogP contribution in [0.3, 0.4) is 0 Å². The van der Waals surface area contributed by atoms with Crippen molar-refractivity contribution in [2.75, 3.05) is 6.61 Å². The van der Waals surface area contributed by atoms with Gasteiger partial charge in [-0.25, -0.2) is 4.89 Å². The van der Waals surface area contributed by atoms with Crippen LogP contribution in [0.25, 0.3) is 0 Å². The van der Waals surface area contributed by atoms with Gasteiger partial charge in [0.25, 0.3) is 0 Å². The van der Waals surface area contributed by atoms with Crippen LogP contribution >= 0.6 is 12.0 Å². The fraction of sp³-hybridized carbons (Fsp3) is 0.429. The minimum atomic E-state index is -0.638. The number of nitrogens with one attached hydrogen (secondary N) is 2. The summed E-state index contributed by atoms with van der Waals surface area (Å²) in [7, 11) is 0. The van der Waals surface area contributed by atoms with E-state index >= 15 is 0 Å². The minimum Gasteiger partial charge on any atom is -0.433 e. The van der Waals surface area contributed by atoms with Gasteiger partial charge in [-0.3, -0.25) is 0 Å². The predicted octanol–water partition coefficient (Wildman–Crippen LogP) is 0.0601. The second-order valence-corrected chi connectivity index (χ2v) is 4.04. The zero-order valence-electron chi connectivity index (χ0n) is 7.47. The summed E-state index contributed by atoms with van der Waals surface area (Å²) in [6.45, 7) is 0.301. The summed E-state index contributed by atoms with van der Waals surface area (Å²) in [5.74, 6) is 0.549. The van der Waals surface area contributed by atoms with E-state index < -0.39 is 5.54 Å². The van der Waals surface area contributed by atoms with Gasteiger partial charge in [0, 0.05) is 5.64 Å². The van der Waals surface area contributed by atoms with Crippen molar-refractivity contribution in [3.8, 4) is 0 Å². The van der Waals surface area contributed by atoms with Crippen molar-refractivity contribution < 1.29 is 23.7 Å². The maximum atomic E-state index is 5.12. The lowest BCUT2D eigenvalue weighted by molar-refractivity contribution is -0.286. The van der Waals surface area contributed by atoms with E-state index in [2.05, 4.69) is 11.1 Å². The molecule has 2 N–H and O–H groups in total. The summed E-state index contributed by atoms with van der Waals surface area (Å²) < 4.78 is 5.10. The highest BCUT2D eigenvalue weighted by Crippen LogP contribution is 2.38. The molecule has 1 fully saturated rings. The lowest BCUT2D eigenvalue weighted by Gasteiger charge is -2.27. The molecular weight excluding hydrogens is 224 g/mol. The van der Waals surface area contributed by atoms with E-state index in [-0.39, 0.29) is 5.25 Å². The summed E-state index contributed by atoms with van der Waals surface area (Å²) >= 11 is 1.29. The number of hydroxylamine groups is 1. The molecule has 3 rings (SSSR count). The molecule has 0 spiro atoms. The van der Waals surface area contributed by atoms with Gasteiger partial charge in [-0.2, -0.15) is 5.48 Å². The Balaban J connectivity index is 1.90. The normalized spacial score (nSPS) is 38.4. The second-order valence-electron chi connectivity index (χ2n) is 3.15. The molecule has 0 aliphatic carbocycles. The van der Waals surface area contributed by atoms with E-state index in [0.717, 1.165) is 0 Å². The molecular formula is C7H8N2O5S. The van der Waals surface area contributed by atoms with Gasteiger partial charge in [0.15, 0.2) is 17.6 Å². The van der Waals surface area contributed by atoms with E-state index in [4.69, 9.17) is 23.7 Å². The monoisotopic (exact) mass is 232 g/mol. The van der Waals surface area contributed by atoms with Crippen LogP contribution in [0.2, 0.25) is 0 Å². The first-order chi connectivity index (χ1) is 7.42. The van der Waals surface area contributed by atoms with E-state index in [0.29, 0.717) is 12.4 Å². The Morgan fingerprint density at radius 2 is 2.53 bits per heavy atom. The standard InChI is InChI=1S/C7H8N2O5S/c1-2-12-15-6(1)7(4-11-14-8-7)5-3-10-9-13-5/h1-3,6,8-9H,4H2. The Bertz CT molecular complexity index is 315. The summed E-state index contributed by atoms with van der Waals surface area (Å²) in [5, 5.41) is -0.0188. The lowest BCUT2D eigenvalue weighted by Crippen LogP contribution is -2.51. The Kier molecular flexibility index (Phi) is 2.22. The summed E-state index contributed by atoms with van der Waals surface area (Å²) in [5.41, 5.74) is 4.41. The SMILES string of the molecule is C1=CC(C2(C3=CONO3)COON2)SO1. The highest BCUT2D eigenvalue weighted by molar-refractivity contribution is 7.95. The molecule has 7 nitrogen and oxygen atoms in total. The van der Waals surface area contributed by atoms with Crippen LogP contribution in [0, 0.1) is 0 Å². The predicted molar refractivity (Wildman–Crippen MR) is 47.9 cm³/mol. The van der Waals surface area contributed by atoms with Gasteiger partial charge < -0.3 is 13.9 Å². The third-order valence-corrected chi connectivity index (χ3v) is 3.32. The maximum Gasteiger partial charge on any atom is 0.191 e.